The minimum absolute atomic E-state index is 0.220. The van der Waals surface area contributed by atoms with E-state index >= 15 is 0 Å². The molecule has 2 N–H and O–H groups in total. The number of likely N-dealkylation sites (N-methyl/N-ethyl adjacent to an activating group) is 1. The monoisotopic (exact) mass is 341 g/mol. The molecule has 1 unspecified atom stereocenters. The Morgan fingerprint density at radius 2 is 2.04 bits per heavy atom. The molecule has 1 atom stereocenters. The van der Waals surface area contributed by atoms with Crippen molar-refractivity contribution in [2.75, 3.05) is 39.8 Å². The maximum absolute atomic E-state index is 12.1. The van der Waals surface area contributed by atoms with Crippen LogP contribution in [-0.2, 0) is 0 Å². The fraction of sp³-hybridized carbons (Fsp3) is 0.389. The minimum Gasteiger partial charge on any atom is -0.349 e. The number of amides is 1. The molecule has 2 heterocycles. The SMILES string of the molecule is CN1CCN(CCNC(=O)c2ccc(=O)[nH]n2)C(c2ccccc2)C1. The third-order valence-corrected chi connectivity index (χ3v) is 4.48. The number of benzene rings is 1. The van der Waals surface area contributed by atoms with E-state index in [-0.39, 0.29) is 17.2 Å². The second kappa shape index (κ2) is 8.04. The molecule has 1 aliphatic rings. The molecule has 1 aromatic heterocycles. The van der Waals surface area contributed by atoms with E-state index in [9.17, 15) is 9.59 Å². The van der Waals surface area contributed by atoms with Gasteiger partial charge in [0.15, 0.2) is 0 Å². The molecule has 2 aromatic rings. The predicted molar refractivity (Wildman–Crippen MR) is 95.4 cm³/mol. The van der Waals surface area contributed by atoms with Gasteiger partial charge in [0.25, 0.3) is 11.5 Å². The van der Waals surface area contributed by atoms with Crippen molar-refractivity contribution in [2.45, 2.75) is 6.04 Å². The van der Waals surface area contributed by atoms with Crippen LogP contribution in [0.15, 0.2) is 47.3 Å². The molecule has 7 nitrogen and oxygen atoms in total. The van der Waals surface area contributed by atoms with Gasteiger partial charge in [-0.2, -0.15) is 5.10 Å². The zero-order valence-electron chi connectivity index (χ0n) is 14.3. The molecule has 1 fully saturated rings. The van der Waals surface area contributed by atoms with Gasteiger partial charge in [0.1, 0.15) is 5.69 Å². The number of carbonyl (C=O) groups excluding carboxylic acids is 1. The van der Waals surface area contributed by atoms with Crippen molar-refractivity contribution in [3.8, 4) is 0 Å². The summed E-state index contributed by atoms with van der Waals surface area (Å²) in [4.78, 5) is 27.8. The first-order chi connectivity index (χ1) is 12.1. The van der Waals surface area contributed by atoms with Crippen LogP contribution in [0.2, 0.25) is 0 Å². The third-order valence-electron chi connectivity index (χ3n) is 4.48. The summed E-state index contributed by atoms with van der Waals surface area (Å²) >= 11 is 0. The van der Waals surface area contributed by atoms with E-state index in [1.165, 1.54) is 17.7 Å². The van der Waals surface area contributed by atoms with Crippen LogP contribution >= 0.6 is 0 Å². The lowest BCUT2D eigenvalue weighted by atomic mass is 10.0. The van der Waals surface area contributed by atoms with E-state index in [0.29, 0.717) is 12.6 Å². The lowest BCUT2D eigenvalue weighted by Crippen LogP contribution is -2.49. The van der Waals surface area contributed by atoms with Crippen LogP contribution in [0.4, 0.5) is 0 Å². The Morgan fingerprint density at radius 1 is 1.24 bits per heavy atom. The Kier molecular flexibility index (Phi) is 5.57. The summed E-state index contributed by atoms with van der Waals surface area (Å²) < 4.78 is 0. The van der Waals surface area contributed by atoms with Crippen LogP contribution in [0.5, 0.6) is 0 Å². The van der Waals surface area contributed by atoms with E-state index < -0.39 is 0 Å². The van der Waals surface area contributed by atoms with E-state index in [4.69, 9.17) is 0 Å². The Bertz CT molecular complexity index is 741. The molecule has 1 aromatic carbocycles. The number of nitrogens with zero attached hydrogens (tertiary/aromatic N) is 3. The maximum atomic E-state index is 12.1. The first-order valence-corrected chi connectivity index (χ1v) is 8.45. The molecule has 1 amide bonds. The summed E-state index contributed by atoms with van der Waals surface area (Å²) in [6.07, 6.45) is 0. The second-order valence-corrected chi connectivity index (χ2v) is 6.29. The number of H-pyrrole nitrogens is 1. The van der Waals surface area contributed by atoms with Crippen molar-refractivity contribution < 1.29 is 4.79 Å². The molecule has 7 heteroatoms. The molecule has 132 valence electrons. The summed E-state index contributed by atoms with van der Waals surface area (Å²) in [6, 6.07) is 13.5. The molecular weight excluding hydrogens is 318 g/mol. The second-order valence-electron chi connectivity index (χ2n) is 6.29. The van der Waals surface area contributed by atoms with E-state index in [1.54, 1.807) is 0 Å². The minimum atomic E-state index is -0.320. The average Bonchev–Trinajstić information content (AvgIpc) is 2.64. The van der Waals surface area contributed by atoms with Crippen LogP contribution in [0, 0.1) is 0 Å². The van der Waals surface area contributed by atoms with Crippen LogP contribution in [0.25, 0.3) is 0 Å². The summed E-state index contributed by atoms with van der Waals surface area (Å²) in [6.45, 7) is 4.25. The third kappa shape index (κ3) is 4.52. The maximum Gasteiger partial charge on any atom is 0.271 e. The molecule has 1 aliphatic heterocycles. The lowest BCUT2D eigenvalue weighted by Gasteiger charge is -2.40. The van der Waals surface area contributed by atoms with Crippen molar-refractivity contribution in [3.05, 3.63) is 64.1 Å². The highest BCUT2D eigenvalue weighted by Crippen LogP contribution is 2.24. The van der Waals surface area contributed by atoms with Crippen molar-refractivity contribution >= 4 is 5.91 Å². The molecule has 25 heavy (non-hydrogen) atoms. The number of carbonyl (C=O) groups is 1. The van der Waals surface area contributed by atoms with E-state index in [2.05, 4.69) is 56.6 Å². The largest absolute Gasteiger partial charge is 0.349 e. The summed E-state index contributed by atoms with van der Waals surface area (Å²) in [7, 11) is 2.14. The zero-order chi connectivity index (χ0) is 17.6. The average molecular weight is 341 g/mol. The van der Waals surface area contributed by atoms with Crippen molar-refractivity contribution in [1.82, 2.24) is 25.3 Å². The number of piperazine rings is 1. The van der Waals surface area contributed by atoms with Gasteiger partial charge in [0, 0.05) is 44.8 Å². The summed E-state index contributed by atoms with van der Waals surface area (Å²) in [5, 5.41) is 8.89. The van der Waals surface area contributed by atoms with Crippen molar-refractivity contribution in [2.24, 2.45) is 0 Å². The van der Waals surface area contributed by atoms with Gasteiger partial charge in [-0.25, -0.2) is 5.10 Å². The normalized spacial score (nSPS) is 18.8. The first kappa shape index (κ1) is 17.3. The number of rotatable bonds is 5. The van der Waals surface area contributed by atoms with Gasteiger partial charge >= 0.3 is 0 Å². The highest BCUT2D eigenvalue weighted by atomic mass is 16.2. The number of aromatic nitrogens is 2. The first-order valence-electron chi connectivity index (χ1n) is 8.45. The molecule has 0 radical (unpaired) electrons. The predicted octanol–water partition coefficient (Wildman–Crippen LogP) is 0.488. The van der Waals surface area contributed by atoms with Crippen LogP contribution in [0.1, 0.15) is 22.1 Å². The van der Waals surface area contributed by atoms with E-state index in [0.717, 1.165) is 26.2 Å². The van der Waals surface area contributed by atoms with E-state index in [1.807, 2.05) is 6.07 Å². The molecular formula is C18H23N5O2. The number of aromatic amines is 1. The standard InChI is InChI=1S/C18H23N5O2/c1-22-11-12-23(16(13-22)14-5-3-2-4-6-14)10-9-19-18(25)15-7-8-17(24)21-20-15/h2-8,16H,9-13H2,1H3,(H,19,25)(H,21,24). The van der Waals surface area contributed by atoms with Gasteiger partial charge in [0.2, 0.25) is 0 Å². The Balaban J connectivity index is 1.58. The van der Waals surface area contributed by atoms with Crippen LogP contribution < -0.4 is 10.9 Å². The highest BCUT2D eigenvalue weighted by molar-refractivity contribution is 5.91. The van der Waals surface area contributed by atoms with Crippen molar-refractivity contribution in [1.29, 1.82) is 0 Å². The summed E-state index contributed by atoms with van der Waals surface area (Å²) in [5.41, 5.74) is 1.19. The molecule has 3 rings (SSSR count). The molecule has 1 saturated heterocycles. The Labute approximate surface area is 146 Å². The molecule has 0 aliphatic carbocycles. The Morgan fingerprint density at radius 3 is 2.76 bits per heavy atom. The van der Waals surface area contributed by atoms with Gasteiger partial charge in [-0.15, -0.1) is 0 Å². The smallest absolute Gasteiger partial charge is 0.271 e. The molecule has 0 bridgehead atoms. The van der Waals surface area contributed by atoms with Crippen LogP contribution in [-0.4, -0.2) is 65.7 Å². The van der Waals surface area contributed by atoms with Gasteiger partial charge < -0.3 is 10.2 Å². The van der Waals surface area contributed by atoms with Gasteiger partial charge in [-0.05, 0) is 18.7 Å². The lowest BCUT2D eigenvalue weighted by molar-refractivity contribution is 0.0840. The van der Waals surface area contributed by atoms with Gasteiger partial charge in [-0.3, -0.25) is 14.5 Å². The van der Waals surface area contributed by atoms with Crippen molar-refractivity contribution in [3.63, 3.8) is 0 Å². The number of nitrogens with one attached hydrogen (secondary N) is 2. The quantitative estimate of drug-likeness (QED) is 0.827. The van der Waals surface area contributed by atoms with Gasteiger partial charge in [0.05, 0.1) is 0 Å². The van der Waals surface area contributed by atoms with Gasteiger partial charge in [-0.1, -0.05) is 30.3 Å². The Hall–Kier alpha value is -2.51. The summed E-state index contributed by atoms with van der Waals surface area (Å²) in [5.74, 6) is -0.276. The molecule has 0 spiro atoms. The fourth-order valence-electron chi connectivity index (χ4n) is 3.09. The highest BCUT2D eigenvalue weighted by Gasteiger charge is 2.26. The zero-order valence-corrected chi connectivity index (χ0v) is 14.3. The fourth-order valence-corrected chi connectivity index (χ4v) is 3.09. The number of hydrogen-bond donors (Lipinski definition) is 2. The molecule has 0 saturated carbocycles. The van der Waals surface area contributed by atoms with Crippen LogP contribution in [0.3, 0.4) is 0 Å². The topological polar surface area (TPSA) is 81.3 Å². The number of hydrogen-bond acceptors (Lipinski definition) is 5.